The molecule has 0 aliphatic heterocycles. The molecule has 3 aromatic rings. The van der Waals surface area contributed by atoms with Crippen LogP contribution in [0.5, 0.6) is 0 Å². The molecule has 0 aromatic heterocycles. The van der Waals surface area contributed by atoms with E-state index in [4.69, 9.17) is 0 Å². The number of hydrogen-bond donors (Lipinski definition) is 0. The van der Waals surface area contributed by atoms with Crippen molar-refractivity contribution in [2.24, 2.45) is 0 Å². The van der Waals surface area contributed by atoms with E-state index < -0.39 is 7.25 Å². The standard InChI is InChI=1S/C22H23P.BF4/c23-18-10-17-22(19-11-4-1-5-12-19,20-13-6-2-7-14-20)21-15-8-3-9-16-21;2-1(3,4)5/h1-9,11-16H,10,17-18,23H2;/q;-1/p+1. The Kier molecular flexibility index (Phi) is 8.26. The molecule has 0 saturated heterocycles. The van der Waals surface area contributed by atoms with Gasteiger partial charge >= 0.3 is 7.25 Å². The number of halogens is 4. The van der Waals surface area contributed by atoms with Gasteiger partial charge < -0.3 is 17.3 Å². The molecule has 148 valence electrons. The summed E-state index contributed by atoms with van der Waals surface area (Å²) in [6.45, 7) is 0. The monoisotopic (exact) mass is 406 g/mol. The first-order valence-electron chi connectivity index (χ1n) is 9.21. The SMILES string of the molecule is F[B-](F)(F)F.[PH3+]CCCC(c1ccccc1)(c1ccccc1)c1ccccc1. The Labute approximate surface area is 166 Å². The second-order valence-corrected chi connectivity index (χ2v) is 7.16. The van der Waals surface area contributed by atoms with Crippen molar-refractivity contribution in [3.8, 4) is 0 Å². The van der Waals surface area contributed by atoms with Crippen LogP contribution in [-0.4, -0.2) is 13.4 Å². The highest BCUT2D eigenvalue weighted by atomic mass is 31.0. The Morgan fingerprint density at radius 3 is 1.14 bits per heavy atom. The zero-order chi connectivity index (χ0) is 20.5. The van der Waals surface area contributed by atoms with Crippen molar-refractivity contribution in [2.75, 3.05) is 6.16 Å². The summed E-state index contributed by atoms with van der Waals surface area (Å²) in [4.78, 5) is 0. The van der Waals surface area contributed by atoms with Crippen molar-refractivity contribution in [1.29, 1.82) is 0 Å². The first-order valence-corrected chi connectivity index (χ1v) is 10.2. The maximum absolute atomic E-state index is 9.75. The molecule has 0 bridgehead atoms. The van der Waals surface area contributed by atoms with Crippen LogP contribution in [0.4, 0.5) is 17.3 Å². The minimum Gasteiger partial charge on any atom is -0.418 e. The molecule has 3 rings (SSSR count). The summed E-state index contributed by atoms with van der Waals surface area (Å²) >= 11 is 0. The smallest absolute Gasteiger partial charge is 0.418 e. The number of rotatable bonds is 6. The summed E-state index contributed by atoms with van der Waals surface area (Å²) in [5.74, 6) is 0. The molecule has 0 saturated carbocycles. The van der Waals surface area contributed by atoms with Crippen molar-refractivity contribution in [2.45, 2.75) is 18.3 Å². The van der Waals surface area contributed by atoms with Crippen molar-refractivity contribution in [3.05, 3.63) is 108 Å². The van der Waals surface area contributed by atoms with Crippen molar-refractivity contribution in [1.82, 2.24) is 0 Å². The fourth-order valence-electron chi connectivity index (χ4n) is 3.49. The molecular weight excluding hydrogens is 382 g/mol. The van der Waals surface area contributed by atoms with Crippen LogP contribution in [0, 0.1) is 0 Å². The highest BCUT2D eigenvalue weighted by molar-refractivity contribution is 7.16. The van der Waals surface area contributed by atoms with Gasteiger partial charge in [0.1, 0.15) is 0 Å². The van der Waals surface area contributed by atoms with Gasteiger partial charge in [0, 0.05) is 5.41 Å². The average molecular weight is 406 g/mol. The van der Waals surface area contributed by atoms with E-state index in [-0.39, 0.29) is 5.41 Å². The van der Waals surface area contributed by atoms with Gasteiger partial charge in [-0.3, -0.25) is 0 Å². The Bertz CT molecular complexity index is 706. The van der Waals surface area contributed by atoms with E-state index in [0.29, 0.717) is 0 Å². The molecule has 0 radical (unpaired) electrons. The predicted octanol–water partition coefficient (Wildman–Crippen LogP) is 6.71. The maximum atomic E-state index is 9.75. The molecule has 0 fully saturated rings. The Hall–Kier alpha value is -2.13. The summed E-state index contributed by atoms with van der Waals surface area (Å²) < 4.78 is 39.0. The molecule has 6 heteroatoms. The van der Waals surface area contributed by atoms with E-state index in [2.05, 4.69) is 100 Å². The summed E-state index contributed by atoms with van der Waals surface area (Å²) in [5, 5.41) is 0. The molecule has 0 N–H and O–H groups in total. The van der Waals surface area contributed by atoms with Crippen molar-refractivity contribution in [3.63, 3.8) is 0 Å². The summed E-state index contributed by atoms with van der Waals surface area (Å²) in [5.41, 5.74) is 4.09. The average Bonchev–Trinajstić information content (AvgIpc) is 2.70. The summed E-state index contributed by atoms with van der Waals surface area (Å²) in [7, 11) is -3.93. The van der Waals surface area contributed by atoms with Gasteiger partial charge in [0.2, 0.25) is 0 Å². The van der Waals surface area contributed by atoms with Gasteiger partial charge in [-0.25, -0.2) is 0 Å². The van der Waals surface area contributed by atoms with Crippen molar-refractivity contribution < 1.29 is 17.3 Å². The van der Waals surface area contributed by atoms with Gasteiger partial charge in [0.25, 0.3) is 0 Å². The van der Waals surface area contributed by atoms with E-state index in [1.165, 1.54) is 29.3 Å². The van der Waals surface area contributed by atoms with E-state index in [0.717, 1.165) is 6.42 Å². The maximum Gasteiger partial charge on any atom is 0.673 e. The lowest BCUT2D eigenvalue weighted by Crippen LogP contribution is -2.29. The zero-order valence-corrected chi connectivity index (χ0v) is 17.0. The first-order chi connectivity index (χ1) is 13.4. The minimum atomic E-state index is -6.00. The van der Waals surface area contributed by atoms with E-state index >= 15 is 0 Å². The van der Waals surface area contributed by atoms with Gasteiger partial charge in [-0.15, -0.1) is 0 Å². The predicted molar refractivity (Wildman–Crippen MR) is 115 cm³/mol. The highest BCUT2D eigenvalue weighted by Crippen LogP contribution is 2.43. The Morgan fingerprint density at radius 2 is 0.893 bits per heavy atom. The van der Waals surface area contributed by atoms with Crippen LogP contribution in [0.2, 0.25) is 0 Å². The first kappa shape index (κ1) is 22.2. The van der Waals surface area contributed by atoms with Gasteiger partial charge in [-0.2, -0.15) is 0 Å². The molecule has 1 unspecified atom stereocenters. The quantitative estimate of drug-likeness (QED) is 0.185. The van der Waals surface area contributed by atoms with E-state index in [1.54, 1.807) is 0 Å². The molecule has 0 aliphatic rings. The van der Waals surface area contributed by atoms with Crippen LogP contribution < -0.4 is 0 Å². The van der Waals surface area contributed by atoms with Gasteiger partial charge in [-0.1, -0.05) is 91.0 Å². The lowest BCUT2D eigenvalue weighted by atomic mass is 9.67. The third-order valence-electron chi connectivity index (χ3n) is 4.60. The van der Waals surface area contributed by atoms with Crippen LogP contribution in [0.25, 0.3) is 0 Å². The summed E-state index contributed by atoms with van der Waals surface area (Å²) in [6.07, 6.45) is 3.58. The minimum absolute atomic E-state index is 0.0652. The third kappa shape index (κ3) is 6.20. The van der Waals surface area contributed by atoms with Gasteiger partial charge in [0.05, 0.1) is 6.16 Å². The molecule has 0 amide bonds. The second kappa shape index (κ2) is 10.4. The molecule has 0 aliphatic carbocycles. The molecule has 28 heavy (non-hydrogen) atoms. The lowest BCUT2D eigenvalue weighted by molar-refractivity contribution is 0.368. The summed E-state index contributed by atoms with van der Waals surface area (Å²) in [6, 6.07) is 32.9. The zero-order valence-electron chi connectivity index (χ0n) is 15.6. The Morgan fingerprint density at radius 1 is 0.607 bits per heavy atom. The lowest BCUT2D eigenvalue weighted by Gasteiger charge is -2.36. The fourth-order valence-corrected chi connectivity index (χ4v) is 3.74. The van der Waals surface area contributed by atoms with Gasteiger partial charge in [-0.05, 0) is 38.8 Å². The van der Waals surface area contributed by atoms with Crippen molar-refractivity contribution >= 4 is 16.5 Å². The third-order valence-corrected chi connectivity index (χ3v) is 5.10. The fraction of sp³-hybridized carbons (Fsp3) is 0.182. The molecule has 0 nitrogen and oxygen atoms in total. The van der Waals surface area contributed by atoms with Crippen LogP contribution in [0.3, 0.4) is 0 Å². The molecule has 3 aromatic carbocycles. The highest BCUT2D eigenvalue weighted by Gasteiger charge is 2.35. The molecular formula is C22H24BF4P. The number of benzene rings is 3. The normalized spacial score (nSPS) is 11.6. The molecule has 0 spiro atoms. The molecule has 1 atom stereocenters. The second-order valence-electron chi connectivity index (χ2n) is 6.46. The topological polar surface area (TPSA) is 0 Å². The van der Waals surface area contributed by atoms with Crippen LogP contribution in [0.1, 0.15) is 29.5 Å². The van der Waals surface area contributed by atoms with Crippen LogP contribution in [0.15, 0.2) is 91.0 Å². The largest absolute Gasteiger partial charge is 0.673 e. The number of hydrogen-bond acceptors (Lipinski definition) is 0. The Balaban J connectivity index is 0.000000500. The van der Waals surface area contributed by atoms with Gasteiger partial charge in [0.15, 0.2) is 0 Å². The van der Waals surface area contributed by atoms with E-state index in [1.807, 2.05) is 0 Å². The van der Waals surface area contributed by atoms with Crippen LogP contribution in [-0.2, 0) is 5.41 Å². The van der Waals surface area contributed by atoms with E-state index in [9.17, 15) is 17.3 Å². The van der Waals surface area contributed by atoms with Crippen LogP contribution >= 0.6 is 9.24 Å². The molecule has 0 heterocycles.